The van der Waals surface area contributed by atoms with E-state index in [4.69, 9.17) is 4.74 Å². The molecule has 1 N–H and O–H groups in total. The maximum atomic E-state index is 5.74. The molecule has 0 fully saturated rings. The Balaban J connectivity index is 2.21. The topological polar surface area (TPSA) is 21.3 Å². The number of hydrogen-bond donors (Lipinski definition) is 1. The first kappa shape index (κ1) is 13.3. The second-order valence-electron chi connectivity index (χ2n) is 4.86. The van der Waals surface area contributed by atoms with Gasteiger partial charge in [0.1, 0.15) is 6.10 Å². The summed E-state index contributed by atoms with van der Waals surface area (Å²) in [5, 5.41) is 3.43. The summed E-state index contributed by atoms with van der Waals surface area (Å²) in [4.78, 5) is 0. The molecule has 0 aliphatic heterocycles. The van der Waals surface area contributed by atoms with E-state index in [1.165, 1.54) is 36.8 Å². The molecule has 18 heavy (non-hydrogen) atoms. The van der Waals surface area contributed by atoms with Gasteiger partial charge in [-0.2, -0.15) is 0 Å². The van der Waals surface area contributed by atoms with Gasteiger partial charge in [-0.3, -0.25) is 0 Å². The van der Waals surface area contributed by atoms with Gasteiger partial charge >= 0.3 is 0 Å². The van der Waals surface area contributed by atoms with E-state index in [1.807, 2.05) is 13.1 Å². The largest absolute Gasteiger partial charge is 0.375 e. The third-order valence-electron chi connectivity index (χ3n) is 3.72. The highest BCUT2D eigenvalue weighted by Crippen LogP contribution is 2.30. The highest BCUT2D eigenvalue weighted by atomic mass is 16.5. The minimum absolute atomic E-state index is 0.0977. The lowest BCUT2D eigenvalue weighted by Crippen LogP contribution is -2.35. The van der Waals surface area contributed by atoms with Crippen molar-refractivity contribution in [2.45, 2.75) is 37.8 Å². The number of allylic oxidation sites excluding steroid dienone is 1. The van der Waals surface area contributed by atoms with Crippen LogP contribution in [0, 0.1) is 0 Å². The quantitative estimate of drug-likeness (QED) is 0.802. The molecule has 1 aromatic carbocycles. The van der Waals surface area contributed by atoms with Crippen LogP contribution in [0.25, 0.3) is 0 Å². The van der Waals surface area contributed by atoms with Crippen LogP contribution in [0.3, 0.4) is 0 Å². The van der Waals surface area contributed by atoms with Crippen molar-refractivity contribution in [3.05, 3.63) is 47.5 Å². The van der Waals surface area contributed by atoms with Crippen molar-refractivity contribution in [2.24, 2.45) is 0 Å². The van der Waals surface area contributed by atoms with Gasteiger partial charge < -0.3 is 10.1 Å². The van der Waals surface area contributed by atoms with Gasteiger partial charge in [0.2, 0.25) is 0 Å². The molecule has 1 aromatic rings. The van der Waals surface area contributed by atoms with Crippen LogP contribution in [-0.4, -0.2) is 20.2 Å². The maximum Gasteiger partial charge on any atom is 0.101 e. The number of ether oxygens (including phenoxy) is 1. The first-order chi connectivity index (χ1) is 8.86. The van der Waals surface area contributed by atoms with Crippen molar-refractivity contribution in [2.75, 3.05) is 14.2 Å². The molecule has 0 aromatic heterocycles. The van der Waals surface area contributed by atoms with Crippen LogP contribution in [0.4, 0.5) is 0 Å². The van der Waals surface area contributed by atoms with Crippen molar-refractivity contribution in [3.8, 4) is 0 Å². The number of hydrogen-bond acceptors (Lipinski definition) is 2. The second-order valence-corrected chi connectivity index (χ2v) is 4.86. The number of methoxy groups -OCH3 is 1. The third-order valence-corrected chi connectivity index (χ3v) is 3.72. The summed E-state index contributed by atoms with van der Waals surface area (Å²) in [5.74, 6) is 0. The number of rotatable bonds is 5. The highest BCUT2D eigenvalue weighted by Gasteiger charge is 2.25. The summed E-state index contributed by atoms with van der Waals surface area (Å²) in [6, 6.07) is 10.8. The fourth-order valence-electron chi connectivity index (χ4n) is 2.78. The highest BCUT2D eigenvalue weighted by molar-refractivity contribution is 5.25. The Morgan fingerprint density at radius 2 is 1.94 bits per heavy atom. The lowest BCUT2D eigenvalue weighted by molar-refractivity contribution is 0.0795. The van der Waals surface area contributed by atoms with Crippen LogP contribution >= 0.6 is 0 Å². The number of benzene rings is 1. The van der Waals surface area contributed by atoms with Gasteiger partial charge in [0, 0.05) is 7.11 Å². The number of likely N-dealkylation sites (N-methyl/N-ethyl adjacent to an activating group) is 1. The van der Waals surface area contributed by atoms with Gasteiger partial charge in [-0.15, -0.1) is 0 Å². The third kappa shape index (κ3) is 3.01. The first-order valence-corrected chi connectivity index (χ1v) is 6.80. The van der Waals surface area contributed by atoms with Gasteiger partial charge in [0.05, 0.1) is 6.04 Å². The van der Waals surface area contributed by atoms with Crippen molar-refractivity contribution < 1.29 is 4.74 Å². The fourth-order valence-corrected chi connectivity index (χ4v) is 2.78. The average molecular weight is 245 g/mol. The van der Waals surface area contributed by atoms with Crippen molar-refractivity contribution in [1.82, 2.24) is 5.32 Å². The van der Waals surface area contributed by atoms with E-state index >= 15 is 0 Å². The molecule has 98 valence electrons. The molecule has 1 aliphatic carbocycles. The minimum atomic E-state index is 0.0977. The Hall–Kier alpha value is -1.12. The summed E-state index contributed by atoms with van der Waals surface area (Å²) in [5.41, 5.74) is 2.74. The van der Waals surface area contributed by atoms with Crippen LogP contribution in [0.5, 0.6) is 0 Å². The molecule has 0 spiro atoms. The minimum Gasteiger partial charge on any atom is -0.375 e. The normalized spacial score (nSPS) is 19.1. The van der Waals surface area contributed by atoms with E-state index in [2.05, 4.69) is 35.7 Å². The van der Waals surface area contributed by atoms with E-state index < -0.39 is 0 Å². The van der Waals surface area contributed by atoms with Crippen LogP contribution in [-0.2, 0) is 4.74 Å². The summed E-state index contributed by atoms with van der Waals surface area (Å²) < 4.78 is 5.74. The van der Waals surface area contributed by atoms with E-state index in [-0.39, 0.29) is 12.1 Å². The Bertz CT molecular complexity index is 385. The van der Waals surface area contributed by atoms with Crippen molar-refractivity contribution >= 4 is 0 Å². The molecule has 0 bridgehead atoms. The molecule has 2 nitrogen and oxygen atoms in total. The molecule has 0 radical (unpaired) electrons. The predicted octanol–water partition coefficient (Wildman–Crippen LogP) is 3.46. The Morgan fingerprint density at radius 1 is 1.17 bits per heavy atom. The summed E-state index contributed by atoms with van der Waals surface area (Å²) >= 11 is 0. The molecule has 2 rings (SSSR count). The lowest BCUT2D eigenvalue weighted by Gasteiger charge is -2.30. The molecular formula is C16H23NO. The second kappa shape index (κ2) is 6.72. The summed E-state index contributed by atoms with van der Waals surface area (Å²) in [7, 11) is 3.82. The van der Waals surface area contributed by atoms with E-state index in [9.17, 15) is 0 Å². The standard InChI is InChI=1S/C16H23NO/c1-17-15(13-9-5-3-6-10-13)16(18-2)14-11-7-4-8-12-14/h4,7-9,11-12,15-17H,3,5-6,10H2,1-2H3. The Labute approximate surface area is 110 Å². The van der Waals surface area contributed by atoms with Crippen molar-refractivity contribution in [1.29, 1.82) is 0 Å². The van der Waals surface area contributed by atoms with E-state index in [1.54, 1.807) is 7.11 Å². The Morgan fingerprint density at radius 3 is 2.50 bits per heavy atom. The van der Waals surface area contributed by atoms with Crippen LogP contribution in [0.1, 0.15) is 37.4 Å². The zero-order valence-electron chi connectivity index (χ0n) is 11.4. The smallest absolute Gasteiger partial charge is 0.101 e. The lowest BCUT2D eigenvalue weighted by atomic mass is 9.88. The summed E-state index contributed by atoms with van der Waals surface area (Å²) in [6.45, 7) is 0. The molecule has 0 saturated heterocycles. The molecule has 1 aliphatic rings. The van der Waals surface area contributed by atoms with Gasteiger partial charge in [-0.25, -0.2) is 0 Å². The van der Waals surface area contributed by atoms with Crippen molar-refractivity contribution in [3.63, 3.8) is 0 Å². The van der Waals surface area contributed by atoms with Gasteiger partial charge in [0.15, 0.2) is 0 Å². The molecular weight excluding hydrogens is 222 g/mol. The molecule has 0 amide bonds. The molecule has 0 saturated carbocycles. The predicted molar refractivity (Wildman–Crippen MR) is 75.6 cm³/mol. The van der Waals surface area contributed by atoms with E-state index in [0.29, 0.717) is 0 Å². The van der Waals surface area contributed by atoms with Crippen LogP contribution in [0.15, 0.2) is 42.0 Å². The summed E-state index contributed by atoms with van der Waals surface area (Å²) in [6.07, 6.45) is 7.51. The zero-order valence-corrected chi connectivity index (χ0v) is 11.4. The molecule has 2 atom stereocenters. The average Bonchev–Trinajstić information content (AvgIpc) is 2.46. The maximum absolute atomic E-state index is 5.74. The van der Waals surface area contributed by atoms with E-state index in [0.717, 1.165) is 0 Å². The SMILES string of the molecule is CNC(C1=CCCCC1)C(OC)c1ccccc1. The number of nitrogens with one attached hydrogen (secondary N) is 1. The van der Waals surface area contributed by atoms with Gasteiger partial charge in [-0.1, -0.05) is 42.0 Å². The fraction of sp³-hybridized carbons (Fsp3) is 0.500. The molecule has 0 heterocycles. The van der Waals surface area contributed by atoms with Crippen LogP contribution < -0.4 is 5.32 Å². The molecule has 2 heteroatoms. The van der Waals surface area contributed by atoms with Crippen LogP contribution in [0.2, 0.25) is 0 Å². The van der Waals surface area contributed by atoms with Gasteiger partial charge in [0.25, 0.3) is 0 Å². The van der Waals surface area contributed by atoms with Gasteiger partial charge in [-0.05, 0) is 38.3 Å². The first-order valence-electron chi connectivity index (χ1n) is 6.80. The Kier molecular flexibility index (Phi) is 4.97. The molecule has 2 unspecified atom stereocenters. The zero-order chi connectivity index (χ0) is 12.8. The monoisotopic (exact) mass is 245 g/mol.